The van der Waals surface area contributed by atoms with Crippen molar-refractivity contribution < 1.29 is 9.59 Å². The number of para-hydroxylation sites is 2. The fraction of sp³-hybridized carbons (Fsp3) is 0.0952. The van der Waals surface area contributed by atoms with E-state index in [9.17, 15) is 9.59 Å². The van der Waals surface area contributed by atoms with E-state index in [4.69, 9.17) is 0 Å². The predicted octanol–water partition coefficient (Wildman–Crippen LogP) is 3.95. The van der Waals surface area contributed by atoms with Crippen LogP contribution in [-0.2, 0) is 4.79 Å². The molecule has 0 saturated heterocycles. The van der Waals surface area contributed by atoms with Crippen LogP contribution in [0.1, 0.15) is 15.2 Å². The third-order valence-corrected chi connectivity index (χ3v) is 6.02. The molecule has 0 aliphatic carbocycles. The largest absolute Gasteiger partial charge is 0.287 e. The molecule has 0 fully saturated rings. The van der Waals surface area contributed by atoms with E-state index < -0.39 is 0 Å². The average Bonchev–Trinajstić information content (AvgIpc) is 3.39. The van der Waals surface area contributed by atoms with Gasteiger partial charge in [-0.3, -0.25) is 25.0 Å². The fourth-order valence-electron chi connectivity index (χ4n) is 2.81. The minimum Gasteiger partial charge on any atom is -0.287 e. The van der Waals surface area contributed by atoms with Crippen molar-refractivity contribution in [2.45, 2.75) is 12.1 Å². The summed E-state index contributed by atoms with van der Waals surface area (Å²) in [5.74, 6) is -0.507. The topological polar surface area (TPSA) is 76.0 Å². The number of rotatable bonds is 5. The lowest BCUT2D eigenvalue weighted by Crippen LogP contribution is -2.42. The first-order chi connectivity index (χ1) is 14.1. The number of hydrogen-bond donors (Lipinski definition) is 2. The molecule has 8 heteroatoms. The lowest BCUT2D eigenvalue weighted by Gasteiger charge is -2.10. The minimum atomic E-state index is -0.328. The van der Waals surface area contributed by atoms with Crippen LogP contribution in [0, 0.1) is 6.92 Å². The monoisotopic (exact) mass is 422 g/mol. The highest BCUT2D eigenvalue weighted by atomic mass is 32.2. The van der Waals surface area contributed by atoms with E-state index in [0.717, 1.165) is 21.9 Å². The SMILES string of the molecule is Cc1ccc(-n2c(SCC(=O)NNC(=O)c3cccs3)nc3ccccc32)cc1. The summed E-state index contributed by atoms with van der Waals surface area (Å²) in [6.45, 7) is 2.04. The molecule has 2 N–H and O–H groups in total. The van der Waals surface area contributed by atoms with Gasteiger partial charge >= 0.3 is 0 Å². The van der Waals surface area contributed by atoms with Crippen molar-refractivity contribution in [2.24, 2.45) is 0 Å². The number of aryl methyl sites for hydroxylation is 1. The van der Waals surface area contributed by atoms with Crippen LogP contribution in [0.5, 0.6) is 0 Å². The van der Waals surface area contributed by atoms with Crippen molar-refractivity contribution in [3.05, 3.63) is 76.5 Å². The Morgan fingerprint density at radius 3 is 2.59 bits per heavy atom. The zero-order valence-electron chi connectivity index (χ0n) is 15.6. The summed E-state index contributed by atoms with van der Waals surface area (Å²) in [6.07, 6.45) is 0. The molecule has 2 amide bonds. The van der Waals surface area contributed by atoms with Gasteiger partial charge in [0.05, 0.1) is 21.7 Å². The molecule has 2 aromatic heterocycles. The number of benzene rings is 2. The molecular weight excluding hydrogens is 404 g/mol. The molecule has 0 aliphatic heterocycles. The number of thioether (sulfide) groups is 1. The summed E-state index contributed by atoms with van der Waals surface area (Å²) in [7, 11) is 0. The molecule has 0 bridgehead atoms. The summed E-state index contributed by atoms with van der Waals surface area (Å²) in [5, 5.41) is 2.53. The highest BCUT2D eigenvalue weighted by Gasteiger charge is 2.15. The Labute approximate surface area is 175 Å². The minimum absolute atomic E-state index is 0.125. The molecule has 0 saturated carbocycles. The van der Waals surface area contributed by atoms with E-state index in [1.165, 1.54) is 28.7 Å². The van der Waals surface area contributed by atoms with E-state index in [-0.39, 0.29) is 17.6 Å². The maximum absolute atomic E-state index is 12.2. The summed E-state index contributed by atoms with van der Waals surface area (Å²) < 4.78 is 2.04. The van der Waals surface area contributed by atoms with Crippen LogP contribution in [0.2, 0.25) is 0 Å². The Morgan fingerprint density at radius 1 is 1.03 bits per heavy atom. The molecule has 0 atom stereocenters. The molecule has 0 unspecified atom stereocenters. The predicted molar refractivity (Wildman–Crippen MR) is 116 cm³/mol. The van der Waals surface area contributed by atoms with E-state index in [1.54, 1.807) is 12.1 Å². The number of carbonyl (C=O) groups excluding carboxylic acids is 2. The fourth-order valence-corrected chi connectivity index (χ4v) is 4.25. The summed E-state index contributed by atoms with van der Waals surface area (Å²) in [6, 6.07) is 19.5. The maximum atomic E-state index is 12.2. The Bertz CT molecular complexity index is 1150. The quantitative estimate of drug-likeness (QED) is 0.377. The molecule has 4 rings (SSSR count). The molecule has 146 valence electrons. The second kappa shape index (κ2) is 8.50. The van der Waals surface area contributed by atoms with E-state index in [1.807, 2.05) is 65.4 Å². The zero-order chi connectivity index (χ0) is 20.2. The van der Waals surface area contributed by atoms with Gasteiger partial charge in [0.15, 0.2) is 5.16 Å². The van der Waals surface area contributed by atoms with Crippen molar-refractivity contribution in [1.82, 2.24) is 20.4 Å². The molecule has 0 radical (unpaired) electrons. The summed E-state index contributed by atoms with van der Waals surface area (Å²) >= 11 is 2.63. The molecule has 4 aromatic rings. The number of nitrogens with zero attached hydrogens (tertiary/aromatic N) is 2. The van der Waals surface area contributed by atoms with Crippen LogP contribution in [0.15, 0.2) is 71.2 Å². The molecule has 0 aliphatic rings. The number of fused-ring (bicyclic) bond motifs is 1. The van der Waals surface area contributed by atoms with Gasteiger partial charge in [-0.2, -0.15) is 0 Å². The molecule has 6 nitrogen and oxygen atoms in total. The maximum Gasteiger partial charge on any atom is 0.279 e. The molecule has 0 spiro atoms. The highest BCUT2D eigenvalue weighted by molar-refractivity contribution is 7.99. The number of nitrogens with one attached hydrogen (secondary N) is 2. The third kappa shape index (κ3) is 4.33. The number of aromatic nitrogens is 2. The number of thiophene rings is 1. The molecular formula is C21H18N4O2S2. The third-order valence-electron chi connectivity index (χ3n) is 4.21. The van der Waals surface area contributed by atoms with E-state index in [2.05, 4.69) is 15.8 Å². The number of imidazole rings is 1. The Balaban J connectivity index is 1.49. The van der Waals surface area contributed by atoms with Crippen molar-refractivity contribution in [3.8, 4) is 5.69 Å². The number of hydrazine groups is 1. The Kier molecular flexibility index (Phi) is 5.64. The zero-order valence-corrected chi connectivity index (χ0v) is 17.2. The van der Waals surface area contributed by atoms with E-state index >= 15 is 0 Å². The normalized spacial score (nSPS) is 10.8. The van der Waals surface area contributed by atoms with Crippen molar-refractivity contribution >= 4 is 45.9 Å². The van der Waals surface area contributed by atoms with E-state index in [0.29, 0.717) is 4.88 Å². The van der Waals surface area contributed by atoms with Crippen molar-refractivity contribution in [1.29, 1.82) is 0 Å². The molecule has 2 heterocycles. The van der Waals surface area contributed by atoms with Gasteiger partial charge in [-0.05, 0) is 42.6 Å². The first-order valence-corrected chi connectivity index (χ1v) is 10.8. The van der Waals surface area contributed by atoms with Gasteiger partial charge in [0, 0.05) is 5.69 Å². The van der Waals surface area contributed by atoms with Crippen LogP contribution in [0.4, 0.5) is 0 Å². The summed E-state index contributed by atoms with van der Waals surface area (Å²) in [5.41, 5.74) is 8.88. The first kappa shape index (κ1) is 19.2. The summed E-state index contributed by atoms with van der Waals surface area (Å²) in [4.78, 5) is 29.4. The highest BCUT2D eigenvalue weighted by Crippen LogP contribution is 2.28. The lowest BCUT2D eigenvalue weighted by molar-refractivity contribution is -0.119. The second-order valence-electron chi connectivity index (χ2n) is 6.32. The van der Waals surface area contributed by atoms with Gasteiger partial charge in [0.25, 0.3) is 5.91 Å². The van der Waals surface area contributed by atoms with Gasteiger partial charge < -0.3 is 0 Å². The molecule has 29 heavy (non-hydrogen) atoms. The van der Waals surface area contributed by atoms with Crippen LogP contribution in [0.3, 0.4) is 0 Å². The average molecular weight is 423 g/mol. The Hall–Kier alpha value is -3.10. The smallest absolute Gasteiger partial charge is 0.279 e. The van der Waals surface area contributed by atoms with Gasteiger partial charge in [-0.25, -0.2) is 4.98 Å². The van der Waals surface area contributed by atoms with Gasteiger partial charge in [-0.1, -0.05) is 47.7 Å². The number of amides is 2. The molecule has 2 aromatic carbocycles. The van der Waals surface area contributed by atoms with Gasteiger partial charge in [-0.15, -0.1) is 11.3 Å². The Morgan fingerprint density at radius 2 is 1.83 bits per heavy atom. The van der Waals surface area contributed by atoms with Crippen molar-refractivity contribution in [2.75, 3.05) is 5.75 Å². The number of carbonyl (C=O) groups is 2. The van der Waals surface area contributed by atoms with Gasteiger partial charge in [0.2, 0.25) is 5.91 Å². The standard InChI is InChI=1S/C21H18N4O2S2/c1-14-8-10-15(11-9-14)25-17-6-3-2-5-16(17)22-21(25)29-13-19(26)23-24-20(27)18-7-4-12-28-18/h2-12H,13H2,1H3,(H,23,26)(H,24,27). The first-order valence-electron chi connectivity index (χ1n) is 8.92. The second-order valence-corrected chi connectivity index (χ2v) is 8.21. The van der Waals surface area contributed by atoms with Crippen LogP contribution >= 0.6 is 23.1 Å². The number of hydrogen-bond acceptors (Lipinski definition) is 5. The van der Waals surface area contributed by atoms with Crippen LogP contribution < -0.4 is 10.9 Å². The van der Waals surface area contributed by atoms with Crippen LogP contribution in [-0.4, -0.2) is 27.1 Å². The van der Waals surface area contributed by atoms with Gasteiger partial charge in [0.1, 0.15) is 0 Å². The van der Waals surface area contributed by atoms with Crippen LogP contribution in [0.25, 0.3) is 16.7 Å². The van der Waals surface area contributed by atoms with Crippen molar-refractivity contribution in [3.63, 3.8) is 0 Å². The lowest BCUT2D eigenvalue weighted by atomic mass is 10.2.